The minimum absolute atomic E-state index is 0.0471. The van der Waals surface area contributed by atoms with Gasteiger partial charge in [-0.15, -0.1) is 3.89 Å². The lowest BCUT2D eigenvalue weighted by molar-refractivity contribution is -0.117. The van der Waals surface area contributed by atoms with Gasteiger partial charge in [0.15, 0.2) is 0 Å². The molecule has 1 aromatic heterocycles. The molecule has 0 spiro atoms. The van der Waals surface area contributed by atoms with Gasteiger partial charge in [0.25, 0.3) is 0 Å². The predicted octanol–water partition coefficient (Wildman–Crippen LogP) is 1.86. The lowest BCUT2D eigenvalue weighted by atomic mass is 10.1. The van der Waals surface area contributed by atoms with Gasteiger partial charge in [0.2, 0.25) is 5.91 Å². The van der Waals surface area contributed by atoms with Crippen molar-refractivity contribution in [1.29, 1.82) is 0 Å². The van der Waals surface area contributed by atoms with Crippen LogP contribution in [-0.4, -0.2) is 65.6 Å². The highest BCUT2D eigenvalue weighted by atomic mass is 32.3. The molecule has 0 bridgehead atoms. The summed E-state index contributed by atoms with van der Waals surface area (Å²) in [6.07, 6.45) is 3.79. The lowest BCUT2D eigenvalue weighted by Gasteiger charge is -2.33. The molecule has 0 N–H and O–H groups in total. The molecule has 0 radical (unpaired) electrons. The summed E-state index contributed by atoms with van der Waals surface area (Å²) in [5, 5.41) is 2.95. The molecule has 9 nitrogen and oxygen atoms in total. The molecule has 28 heavy (non-hydrogen) atoms. The van der Waals surface area contributed by atoms with E-state index in [-0.39, 0.29) is 25.1 Å². The van der Waals surface area contributed by atoms with Crippen LogP contribution in [-0.2, 0) is 19.8 Å². The number of nitrogens with zero attached hydrogens (tertiary/aromatic N) is 4. The maximum absolute atomic E-state index is 13.2. The first-order valence-corrected chi connectivity index (χ1v) is 10.6. The van der Waals surface area contributed by atoms with Gasteiger partial charge in [-0.1, -0.05) is 0 Å². The Morgan fingerprint density at radius 1 is 1.29 bits per heavy atom. The second-order valence-electron chi connectivity index (χ2n) is 8.18. The van der Waals surface area contributed by atoms with Gasteiger partial charge in [-0.25, -0.2) is 4.79 Å². The molecule has 0 aromatic carbocycles. The first-order chi connectivity index (χ1) is 12.9. The first kappa shape index (κ1) is 20.6. The average molecular weight is 416 g/mol. The van der Waals surface area contributed by atoms with Crippen molar-refractivity contribution in [2.75, 3.05) is 24.5 Å². The number of piperidine rings is 1. The Labute approximate surface area is 163 Å². The number of ether oxygens (including phenoxy) is 1. The summed E-state index contributed by atoms with van der Waals surface area (Å²) < 4.78 is 42.4. The third kappa shape index (κ3) is 4.62. The van der Waals surface area contributed by atoms with Crippen LogP contribution in [0.15, 0.2) is 12.4 Å². The minimum atomic E-state index is -4.76. The van der Waals surface area contributed by atoms with E-state index in [4.69, 9.17) is 4.74 Å². The highest BCUT2D eigenvalue weighted by Gasteiger charge is 2.39. The molecule has 2 aliphatic heterocycles. The van der Waals surface area contributed by atoms with Gasteiger partial charge in [0.05, 0.1) is 17.9 Å². The molecule has 2 fully saturated rings. The van der Waals surface area contributed by atoms with Crippen molar-refractivity contribution in [3.63, 3.8) is 0 Å². The molecule has 156 valence electrons. The van der Waals surface area contributed by atoms with Crippen LogP contribution in [0.2, 0.25) is 0 Å². The van der Waals surface area contributed by atoms with E-state index in [1.54, 1.807) is 15.8 Å². The quantitative estimate of drug-likeness (QED) is 0.697. The maximum atomic E-state index is 13.2. The van der Waals surface area contributed by atoms with E-state index in [2.05, 4.69) is 5.10 Å². The number of rotatable bonds is 3. The molecule has 1 unspecified atom stereocenters. The summed E-state index contributed by atoms with van der Waals surface area (Å²) in [7, 11) is -4.76. The molecule has 0 saturated carbocycles. The van der Waals surface area contributed by atoms with Crippen LogP contribution in [0.25, 0.3) is 0 Å². The Bertz CT molecular complexity index is 855. The van der Waals surface area contributed by atoms with Crippen LogP contribution in [0.1, 0.15) is 46.1 Å². The Morgan fingerprint density at radius 3 is 2.46 bits per heavy atom. The molecule has 3 rings (SSSR count). The number of likely N-dealkylation sites (tertiary alicyclic amines) is 1. The van der Waals surface area contributed by atoms with Gasteiger partial charge < -0.3 is 14.5 Å². The average Bonchev–Trinajstić information content (AvgIpc) is 3.19. The molecule has 1 atom stereocenters. The number of carbonyl (C=O) groups is 2. The standard InChI is InChI=1S/C17H25FN4O5S/c1-17(2,3)27-16(24)20-6-4-12(5-7-20)22-10-13(9-19-22)21-11-14(8-15(21)23)28(18,25)26/h9-10,12,14H,4-8,11H2,1-3H3. The number of carbonyl (C=O) groups excluding carboxylic acids is 2. The number of hydrogen-bond acceptors (Lipinski definition) is 6. The van der Waals surface area contributed by atoms with Gasteiger partial charge in [-0.05, 0) is 33.6 Å². The molecule has 2 amide bonds. The van der Waals surface area contributed by atoms with Gasteiger partial charge in [-0.3, -0.25) is 9.48 Å². The molecule has 0 aliphatic carbocycles. The van der Waals surface area contributed by atoms with E-state index in [0.29, 0.717) is 31.6 Å². The fraction of sp³-hybridized carbons (Fsp3) is 0.706. The topological polar surface area (TPSA) is 102 Å². The Morgan fingerprint density at radius 2 is 1.93 bits per heavy atom. The summed E-state index contributed by atoms with van der Waals surface area (Å²) in [5.74, 6) is -0.439. The fourth-order valence-electron chi connectivity index (χ4n) is 3.42. The van der Waals surface area contributed by atoms with E-state index in [1.807, 2.05) is 20.8 Å². The molecule has 11 heteroatoms. The Hall–Kier alpha value is -2.17. The van der Waals surface area contributed by atoms with E-state index < -0.39 is 27.0 Å². The monoisotopic (exact) mass is 416 g/mol. The number of hydrogen-bond donors (Lipinski definition) is 0. The zero-order chi connectivity index (χ0) is 20.7. The molecule has 2 aliphatic rings. The molecule has 1 aromatic rings. The maximum Gasteiger partial charge on any atom is 0.410 e. The number of anilines is 1. The summed E-state index contributed by atoms with van der Waals surface area (Å²) >= 11 is 0. The van der Waals surface area contributed by atoms with Crippen molar-refractivity contribution in [3.05, 3.63) is 12.4 Å². The van der Waals surface area contributed by atoms with Crippen LogP contribution in [0.3, 0.4) is 0 Å². The largest absolute Gasteiger partial charge is 0.444 e. The lowest BCUT2D eigenvalue weighted by Crippen LogP contribution is -2.42. The summed E-state index contributed by atoms with van der Waals surface area (Å²) in [4.78, 5) is 27.1. The van der Waals surface area contributed by atoms with Gasteiger partial charge in [-0.2, -0.15) is 13.5 Å². The Kier molecular flexibility index (Phi) is 5.39. The molecular weight excluding hydrogens is 391 g/mol. The molecular formula is C17H25FN4O5S. The highest BCUT2D eigenvalue weighted by molar-refractivity contribution is 7.87. The van der Waals surface area contributed by atoms with E-state index in [9.17, 15) is 21.9 Å². The van der Waals surface area contributed by atoms with E-state index >= 15 is 0 Å². The van der Waals surface area contributed by atoms with Crippen molar-refractivity contribution in [2.24, 2.45) is 0 Å². The number of amides is 2. The van der Waals surface area contributed by atoms with Crippen molar-refractivity contribution in [1.82, 2.24) is 14.7 Å². The van der Waals surface area contributed by atoms with Gasteiger partial charge in [0, 0.05) is 32.3 Å². The zero-order valence-electron chi connectivity index (χ0n) is 16.2. The van der Waals surface area contributed by atoms with Crippen molar-refractivity contribution in [2.45, 2.75) is 56.9 Å². The van der Waals surface area contributed by atoms with Crippen LogP contribution in [0.4, 0.5) is 14.4 Å². The summed E-state index contributed by atoms with van der Waals surface area (Å²) in [5.41, 5.74) is -0.0939. The molecule has 2 saturated heterocycles. The summed E-state index contributed by atoms with van der Waals surface area (Å²) in [6, 6.07) is 0.0471. The minimum Gasteiger partial charge on any atom is -0.444 e. The van der Waals surface area contributed by atoms with Crippen molar-refractivity contribution < 1.29 is 26.6 Å². The number of halogens is 1. The van der Waals surface area contributed by atoms with Gasteiger partial charge in [0.1, 0.15) is 10.9 Å². The predicted molar refractivity (Wildman–Crippen MR) is 99.1 cm³/mol. The third-order valence-corrected chi connectivity index (χ3v) is 5.99. The second kappa shape index (κ2) is 7.34. The van der Waals surface area contributed by atoms with Gasteiger partial charge >= 0.3 is 16.3 Å². The van der Waals surface area contributed by atoms with Crippen molar-refractivity contribution in [3.8, 4) is 0 Å². The normalized spacial score (nSPS) is 22.0. The smallest absolute Gasteiger partial charge is 0.410 e. The van der Waals surface area contributed by atoms with Crippen LogP contribution in [0.5, 0.6) is 0 Å². The highest BCUT2D eigenvalue weighted by Crippen LogP contribution is 2.29. The first-order valence-electron chi connectivity index (χ1n) is 9.20. The SMILES string of the molecule is CC(C)(C)OC(=O)N1CCC(n2cc(N3CC(S(=O)(=O)F)CC3=O)cn2)CC1. The number of aromatic nitrogens is 2. The van der Waals surface area contributed by atoms with E-state index in [1.165, 1.54) is 11.1 Å². The fourth-order valence-corrected chi connectivity index (χ4v) is 4.09. The van der Waals surface area contributed by atoms with Crippen LogP contribution in [0, 0.1) is 0 Å². The third-order valence-electron chi connectivity index (χ3n) is 4.88. The van der Waals surface area contributed by atoms with E-state index in [0.717, 1.165) is 0 Å². The Balaban J connectivity index is 1.60. The summed E-state index contributed by atoms with van der Waals surface area (Å²) in [6.45, 7) is 6.31. The van der Waals surface area contributed by atoms with Crippen LogP contribution >= 0.6 is 0 Å². The van der Waals surface area contributed by atoms with Crippen LogP contribution < -0.4 is 4.90 Å². The molecule has 3 heterocycles. The van der Waals surface area contributed by atoms with Crippen molar-refractivity contribution >= 4 is 27.9 Å². The second-order valence-corrected chi connectivity index (χ2v) is 9.80. The zero-order valence-corrected chi connectivity index (χ0v) is 17.0.